The number of hydrogen-bond acceptors (Lipinski definition) is 3. The average molecular weight is 157 g/mol. The minimum atomic E-state index is 0.351. The van der Waals surface area contributed by atoms with Crippen molar-refractivity contribution in [1.29, 1.82) is 0 Å². The quantitative estimate of drug-likeness (QED) is 0.539. The highest BCUT2D eigenvalue weighted by molar-refractivity contribution is 4.86. The van der Waals surface area contributed by atoms with Crippen molar-refractivity contribution in [2.24, 2.45) is 0 Å². The van der Waals surface area contributed by atoms with Crippen molar-refractivity contribution in [1.82, 2.24) is 4.90 Å². The lowest BCUT2D eigenvalue weighted by molar-refractivity contribution is -0.116. The maximum atomic E-state index is 5.57. The predicted octanol–water partition coefficient (Wildman–Crippen LogP) is 0.106. The van der Waals surface area contributed by atoms with Crippen molar-refractivity contribution in [3.05, 3.63) is 0 Å². The largest absolute Gasteiger partial charge is 0.372 e. The molecule has 2 rings (SSSR count). The molecule has 0 aliphatic carbocycles. The first kappa shape index (κ1) is 7.53. The van der Waals surface area contributed by atoms with Gasteiger partial charge >= 0.3 is 0 Å². The van der Waals surface area contributed by atoms with Crippen LogP contribution in [0.4, 0.5) is 0 Å². The van der Waals surface area contributed by atoms with Gasteiger partial charge in [0.2, 0.25) is 0 Å². The molecule has 2 saturated heterocycles. The molecule has 0 aromatic carbocycles. The van der Waals surface area contributed by atoms with E-state index in [9.17, 15) is 0 Å². The number of rotatable bonds is 1. The van der Waals surface area contributed by atoms with E-state index in [1.54, 1.807) is 0 Å². The van der Waals surface area contributed by atoms with Crippen LogP contribution in [0, 0.1) is 0 Å². The molecule has 0 aromatic heterocycles. The Bertz CT molecular complexity index is 126. The lowest BCUT2D eigenvalue weighted by atomic mass is 10.2. The smallest absolute Gasteiger partial charge is 0.0976 e. The summed E-state index contributed by atoms with van der Waals surface area (Å²) in [6.45, 7) is 6.96. The molecule has 2 atom stereocenters. The Labute approximate surface area is 67.3 Å². The highest BCUT2D eigenvalue weighted by Crippen LogP contribution is 2.19. The van der Waals surface area contributed by atoms with Gasteiger partial charge < -0.3 is 9.47 Å². The number of likely N-dealkylation sites (tertiary alicyclic amines) is 1. The Morgan fingerprint density at radius 1 is 1.18 bits per heavy atom. The summed E-state index contributed by atoms with van der Waals surface area (Å²) < 4.78 is 11.1. The van der Waals surface area contributed by atoms with Gasteiger partial charge in [0, 0.05) is 13.1 Å². The van der Waals surface area contributed by atoms with Crippen LogP contribution < -0.4 is 0 Å². The summed E-state index contributed by atoms with van der Waals surface area (Å²) in [5.41, 5.74) is 0. The molecule has 2 aliphatic heterocycles. The van der Waals surface area contributed by atoms with E-state index in [0.717, 1.165) is 32.8 Å². The van der Waals surface area contributed by atoms with Gasteiger partial charge in [0.1, 0.15) is 0 Å². The van der Waals surface area contributed by atoms with Crippen LogP contribution in [0.1, 0.15) is 6.92 Å². The van der Waals surface area contributed by atoms with Gasteiger partial charge in [0.15, 0.2) is 0 Å². The van der Waals surface area contributed by atoms with Crippen LogP contribution >= 0.6 is 0 Å². The summed E-state index contributed by atoms with van der Waals surface area (Å²) in [4.78, 5) is 2.38. The predicted molar refractivity (Wildman–Crippen MR) is 41.6 cm³/mol. The Hall–Kier alpha value is -0.120. The van der Waals surface area contributed by atoms with E-state index in [4.69, 9.17) is 9.47 Å². The van der Waals surface area contributed by atoms with Crippen molar-refractivity contribution >= 4 is 0 Å². The first-order valence-electron chi connectivity index (χ1n) is 4.35. The van der Waals surface area contributed by atoms with E-state index >= 15 is 0 Å². The first-order chi connectivity index (χ1) is 5.40. The average Bonchev–Trinajstić information content (AvgIpc) is 2.46. The van der Waals surface area contributed by atoms with Crippen LogP contribution in [-0.4, -0.2) is 50.0 Å². The van der Waals surface area contributed by atoms with Crippen LogP contribution in [0.2, 0.25) is 0 Å². The second-order valence-corrected chi connectivity index (χ2v) is 3.17. The minimum absolute atomic E-state index is 0.351. The number of fused-ring (bicyclic) bond motifs is 1. The summed E-state index contributed by atoms with van der Waals surface area (Å²) >= 11 is 0. The van der Waals surface area contributed by atoms with E-state index in [1.807, 2.05) is 0 Å². The zero-order chi connectivity index (χ0) is 7.68. The molecule has 0 bridgehead atoms. The van der Waals surface area contributed by atoms with Gasteiger partial charge in [-0.3, -0.25) is 4.90 Å². The molecule has 0 N–H and O–H groups in total. The lowest BCUT2D eigenvalue weighted by Gasteiger charge is -2.24. The van der Waals surface area contributed by atoms with E-state index in [1.165, 1.54) is 0 Å². The summed E-state index contributed by atoms with van der Waals surface area (Å²) in [5, 5.41) is 0. The molecule has 11 heavy (non-hydrogen) atoms. The molecule has 3 heteroatoms. The van der Waals surface area contributed by atoms with Crippen molar-refractivity contribution in [2.45, 2.75) is 19.1 Å². The Morgan fingerprint density at radius 3 is 2.18 bits per heavy atom. The minimum Gasteiger partial charge on any atom is -0.372 e. The van der Waals surface area contributed by atoms with Crippen molar-refractivity contribution in [2.75, 3.05) is 32.8 Å². The molecular weight excluding hydrogens is 142 g/mol. The van der Waals surface area contributed by atoms with Gasteiger partial charge in [-0.1, -0.05) is 6.92 Å². The van der Waals surface area contributed by atoms with Crippen LogP contribution in [0.15, 0.2) is 0 Å². The fraction of sp³-hybridized carbons (Fsp3) is 1.00. The molecule has 0 unspecified atom stereocenters. The van der Waals surface area contributed by atoms with Crippen LogP contribution in [0.25, 0.3) is 0 Å². The summed E-state index contributed by atoms with van der Waals surface area (Å²) in [5.74, 6) is 0. The molecule has 64 valence electrons. The van der Waals surface area contributed by atoms with Gasteiger partial charge in [-0.25, -0.2) is 0 Å². The molecule has 0 amide bonds. The van der Waals surface area contributed by atoms with Gasteiger partial charge in [-0.15, -0.1) is 0 Å². The summed E-state index contributed by atoms with van der Waals surface area (Å²) in [7, 11) is 0. The number of ether oxygens (including phenoxy) is 2. The second-order valence-electron chi connectivity index (χ2n) is 3.17. The Balaban J connectivity index is 1.92. The molecule has 2 aliphatic rings. The van der Waals surface area contributed by atoms with E-state index in [-0.39, 0.29) is 0 Å². The fourth-order valence-corrected chi connectivity index (χ4v) is 1.80. The normalized spacial score (nSPS) is 39.0. The summed E-state index contributed by atoms with van der Waals surface area (Å²) in [6, 6.07) is 0. The Kier molecular flexibility index (Phi) is 2.11. The molecule has 0 spiro atoms. The standard InChI is InChI=1S/C8H15NO2/c1-2-9-5-7-8(6-9)11-4-3-10-7/h7-8H,2-6H2,1H3/t7-,8+. The highest BCUT2D eigenvalue weighted by atomic mass is 16.6. The molecule has 3 nitrogen and oxygen atoms in total. The third kappa shape index (κ3) is 1.41. The first-order valence-corrected chi connectivity index (χ1v) is 4.35. The lowest BCUT2D eigenvalue weighted by Crippen LogP contribution is -2.36. The monoisotopic (exact) mass is 157 g/mol. The zero-order valence-corrected chi connectivity index (χ0v) is 6.95. The summed E-state index contributed by atoms with van der Waals surface area (Å²) in [6.07, 6.45) is 0.701. The maximum Gasteiger partial charge on any atom is 0.0976 e. The molecule has 0 saturated carbocycles. The SMILES string of the molecule is CCN1C[C@@H]2OCCO[C@@H]2C1. The van der Waals surface area contributed by atoms with Crippen molar-refractivity contribution in [3.8, 4) is 0 Å². The van der Waals surface area contributed by atoms with Crippen molar-refractivity contribution in [3.63, 3.8) is 0 Å². The molecule has 0 aromatic rings. The molecule has 2 heterocycles. The van der Waals surface area contributed by atoms with Crippen LogP contribution in [0.3, 0.4) is 0 Å². The van der Waals surface area contributed by atoms with Crippen LogP contribution in [0.5, 0.6) is 0 Å². The second kappa shape index (κ2) is 3.09. The van der Waals surface area contributed by atoms with Crippen LogP contribution in [-0.2, 0) is 9.47 Å². The Morgan fingerprint density at radius 2 is 1.73 bits per heavy atom. The zero-order valence-electron chi connectivity index (χ0n) is 6.95. The number of likely N-dealkylation sites (N-methyl/N-ethyl adjacent to an activating group) is 1. The third-order valence-corrected chi connectivity index (χ3v) is 2.49. The van der Waals surface area contributed by atoms with Gasteiger partial charge in [0.25, 0.3) is 0 Å². The topological polar surface area (TPSA) is 21.7 Å². The number of hydrogen-bond donors (Lipinski definition) is 0. The van der Waals surface area contributed by atoms with Crippen molar-refractivity contribution < 1.29 is 9.47 Å². The van der Waals surface area contributed by atoms with E-state index < -0.39 is 0 Å². The van der Waals surface area contributed by atoms with Gasteiger partial charge in [0.05, 0.1) is 25.4 Å². The molecule has 2 fully saturated rings. The fourth-order valence-electron chi connectivity index (χ4n) is 1.80. The van der Waals surface area contributed by atoms with Gasteiger partial charge in [-0.2, -0.15) is 0 Å². The molecular formula is C8H15NO2. The number of nitrogens with zero attached hydrogens (tertiary/aromatic N) is 1. The third-order valence-electron chi connectivity index (χ3n) is 2.49. The van der Waals surface area contributed by atoms with E-state index in [0.29, 0.717) is 12.2 Å². The highest BCUT2D eigenvalue weighted by Gasteiger charge is 2.35. The maximum absolute atomic E-state index is 5.57. The van der Waals surface area contributed by atoms with E-state index in [2.05, 4.69) is 11.8 Å². The molecule has 0 radical (unpaired) electrons. The van der Waals surface area contributed by atoms with Gasteiger partial charge in [-0.05, 0) is 6.54 Å².